The third kappa shape index (κ3) is 4.53. The average molecular weight is 488 g/mol. The molecular weight excluding hydrogens is 456 g/mol. The van der Waals surface area contributed by atoms with E-state index in [9.17, 15) is 56.2 Å². The van der Waals surface area contributed by atoms with Crippen molar-refractivity contribution in [3.05, 3.63) is 0 Å². The van der Waals surface area contributed by atoms with Crippen molar-refractivity contribution in [1.82, 2.24) is 0 Å². The molecule has 3 fully saturated rings. The van der Waals surface area contributed by atoms with Crippen molar-refractivity contribution >= 4 is 0 Å². The van der Waals surface area contributed by atoms with Gasteiger partial charge in [0, 0.05) is 0 Å². The lowest BCUT2D eigenvalue weighted by Gasteiger charge is -2.55. The molecule has 0 aromatic heterocycles. The molecule has 15 nitrogen and oxygen atoms in total. The molecular formula is C18H32O15. The highest BCUT2D eigenvalue weighted by Crippen LogP contribution is 2.41. The summed E-state index contributed by atoms with van der Waals surface area (Å²) in [6.45, 7) is -0.431. The molecule has 15 heteroatoms. The van der Waals surface area contributed by atoms with Crippen LogP contribution in [-0.4, -0.2) is 161 Å². The van der Waals surface area contributed by atoms with Gasteiger partial charge in [-0.2, -0.15) is 0 Å². The fourth-order valence-electron chi connectivity index (χ4n) is 4.44. The maximum absolute atomic E-state index is 11.5. The highest BCUT2D eigenvalue weighted by atomic mass is 16.7. The minimum atomic E-state index is -2.85. The van der Waals surface area contributed by atoms with Crippen LogP contribution in [0.15, 0.2) is 0 Å². The lowest BCUT2D eigenvalue weighted by atomic mass is 9.74. The van der Waals surface area contributed by atoms with Crippen LogP contribution in [0.4, 0.5) is 0 Å². The van der Waals surface area contributed by atoms with Crippen molar-refractivity contribution in [3.63, 3.8) is 0 Å². The summed E-state index contributed by atoms with van der Waals surface area (Å²) in [6.07, 6.45) is -25.3. The molecule has 194 valence electrons. The fourth-order valence-corrected chi connectivity index (χ4v) is 4.44. The molecule has 0 aromatic carbocycles. The van der Waals surface area contributed by atoms with Crippen LogP contribution < -0.4 is 0 Å². The van der Waals surface area contributed by atoms with Crippen LogP contribution in [0.2, 0.25) is 0 Å². The van der Waals surface area contributed by atoms with E-state index in [1.807, 2.05) is 0 Å². The van der Waals surface area contributed by atoms with Gasteiger partial charge in [0.25, 0.3) is 0 Å². The minimum Gasteiger partial charge on any atom is -0.394 e. The number of hydrogen-bond acceptors (Lipinski definition) is 15. The molecule has 3 heterocycles. The molecule has 0 amide bonds. The Hall–Kier alpha value is -0.600. The van der Waals surface area contributed by atoms with Gasteiger partial charge in [-0.15, -0.1) is 0 Å². The Morgan fingerprint density at radius 1 is 0.697 bits per heavy atom. The fraction of sp³-hybridized carbons (Fsp3) is 1.00. The summed E-state index contributed by atoms with van der Waals surface area (Å²) in [7, 11) is 0. The lowest BCUT2D eigenvalue weighted by Crippen LogP contribution is -2.78. The number of ether oxygens (including phenoxy) is 4. The topological polar surface area (TPSA) is 259 Å². The van der Waals surface area contributed by atoms with Crippen molar-refractivity contribution < 1.29 is 75.1 Å². The van der Waals surface area contributed by atoms with E-state index >= 15 is 0 Å². The first-order chi connectivity index (χ1) is 15.4. The Labute approximate surface area is 187 Å². The van der Waals surface area contributed by atoms with Crippen LogP contribution in [-0.2, 0) is 18.9 Å². The second-order valence-corrected chi connectivity index (χ2v) is 8.57. The van der Waals surface area contributed by atoms with E-state index in [1.165, 1.54) is 6.92 Å². The second kappa shape index (κ2) is 10.2. The van der Waals surface area contributed by atoms with Gasteiger partial charge < -0.3 is 75.1 Å². The Morgan fingerprint density at radius 2 is 1.27 bits per heavy atom. The van der Waals surface area contributed by atoms with Gasteiger partial charge in [0.1, 0.15) is 67.1 Å². The van der Waals surface area contributed by atoms with Crippen LogP contribution >= 0.6 is 0 Å². The first-order valence-corrected chi connectivity index (χ1v) is 10.4. The highest BCUT2D eigenvalue weighted by molar-refractivity contribution is 5.12. The summed E-state index contributed by atoms with van der Waals surface area (Å²) in [5.41, 5.74) is -2.85. The van der Waals surface area contributed by atoms with Gasteiger partial charge in [-0.1, -0.05) is 0 Å². The Balaban J connectivity index is 1.98. The van der Waals surface area contributed by atoms with E-state index < -0.39 is 105 Å². The monoisotopic (exact) mass is 488 g/mol. The van der Waals surface area contributed by atoms with Crippen molar-refractivity contribution in [2.75, 3.05) is 13.2 Å². The van der Waals surface area contributed by atoms with Gasteiger partial charge in [0.2, 0.25) is 0 Å². The quantitative estimate of drug-likeness (QED) is 0.172. The van der Waals surface area contributed by atoms with Crippen molar-refractivity contribution in [1.29, 1.82) is 0 Å². The summed E-state index contributed by atoms with van der Waals surface area (Å²) in [5.74, 6) is 0. The summed E-state index contributed by atoms with van der Waals surface area (Å²) in [6, 6.07) is 0. The third-order valence-corrected chi connectivity index (χ3v) is 6.47. The second-order valence-electron chi connectivity index (χ2n) is 8.57. The molecule has 11 N–H and O–H groups in total. The molecule has 0 unspecified atom stereocenters. The Kier molecular flexibility index (Phi) is 8.32. The predicted octanol–water partition coefficient (Wildman–Crippen LogP) is -7.16. The van der Waals surface area contributed by atoms with E-state index in [4.69, 9.17) is 18.9 Å². The largest absolute Gasteiger partial charge is 0.394 e. The molecule has 15 atom stereocenters. The molecule has 0 spiro atoms. The van der Waals surface area contributed by atoms with Crippen molar-refractivity contribution in [2.24, 2.45) is 0 Å². The van der Waals surface area contributed by atoms with E-state index in [1.54, 1.807) is 0 Å². The van der Waals surface area contributed by atoms with E-state index in [0.29, 0.717) is 0 Å². The summed E-state index contributed by atoms with van der Waals surface area (Å²) >= 11 is 0. The molecule has 0 saturated carbocycles. The van der Waals surface area contributed by atoms with Crippen LogP contribution in [0.25, 0.3) is 0 Å². The molecule has 0 bridgehead atoms. The molecule has 0 radical (unpaired) electrons. The van der Waals surface area contributed by atoms with Gasteiger partial charge in [0.15, 0.2) is 18.2 Å². The Bertz CT molecular complexity index is 652. The summed E-state index contributed by atoms with van der Waals surface area (Å²) < 4.78 is 21.3. The molecule has 3 saturated heterocycles. The van der Waals surface area contributed by atoms with E-state index in [2.05, 4.69) is 0 Å². The van der Waals surface area contributed by atoms with Gasteiger partial charge in [-0.3, -0.25) is 0 Å². The molecule has 3 aliphatic heterocycles. The zero-order valence-corrected chi connectivity index (χ0v) is 17.5. The van der Waals surface area contributed by atoms with Crippen LogP contribution in [0.5, 0.6) is 0 Å². The first-order valence-electron chi connectivity index (χ1n) is 10.4. The molecule has 0 aliphatic carbocycles. The minimum absolute atomic E-state index is 0.799. The number of rotatable bonds is 5. The van der Waals surface area contributed by atoms with Crippen LogP contribution in [0.1, 0.15) is 6.92 Å². The number of aliphatic hydroxyl groups is 11. The first kappa shape index (κ1) is 27.0. The third-order valence-electron chi connectivity index (χ3n) is 6.47. The van der Waals surface area contributed by atoms with Crippen LogP contribution in [0.3, 0.4) is 0 Å². The van der Waals surface area contributed by atoms with E-state index in [-0.39, 0.29) is 0 Å². The van der Waals surface area contributed by atoms with Gasteiger partial charge in [-0.05, 0) is 6.92 Å². The summed E-state index contributed by atoms with van der Waals surface area (Å²) in [5, 5.41) is 112. The zero-order chi connectivity index (χ0) is 24.8. The standard InChI is InChI=1S/C18H32O15/c1-4-7(21)9(23)11(25)15(30-4)18(29)13(27)16(28)31-6(3-20)14(18)33-17-12(26)10(24)8(22)5(2-19)32-17/h4-17,19-29H,2-3H2,1H3/t4-,5+,6+,7+,8-,9+,10-,11-,12+,13-,14+,15+,16-,17-,18+/m0/s1. The van der Waals surface area contributed by atoms with E-state index in [0.717, 1.165) is 0 Å². The molecule has 33 heavy (non-hydrogen) atoms. The molecule has 3 rings (SSSR count). The lowest BCUT2D eigenvalue weighted by molar-refractivity contribution is -0.400. The zero-order valence-electron chi connectivity index (χ0n) is 17.5. The van der Waals surface area contributed by atoms with Crippen LogP contribution in [0, 0.1) is 0 Å². The maximum Gasteiger partial charge on any atom is 0.187 e. The SMILES string of the molecule is C[C@@H]1O[C@@H]([C@]2(O)[C@H](O[C@@H]3O[C@H](CO)[C@H](O)[C@H](O)[C@H]3O)[C@@H](CO)O[C@H](O)[C@@H]2O)[C@@H](O)[C@H](O)[C@@H]1O. The molecule has 3 aliphatic rings. The van der Waals surface area contributed by atoms with Gasteiger partial charge in [0.05, 0.1) is 19.3 Å². The maximum atomic E-state index is 11.5. The van der Waals surface area contributed by atoms with Crippen molar-refractivity contribution in [2.45, 2.75) is 98.4 Å². The predicted molar refractivity (Wildman–Crippen MR) is 99.9 cm³/mol. The highest BCUT2D eigenvalue weighted by Gasteiger charge is 2.65. The van der Waals surface area contributed by atoms with Crippen molar-refractivity contribution in [3.8, 4) is 0 Å². The van der Waals surface area contributed by atoms with Gasteiger partial charge in [-0.25, -0.2) is 0 Å². The normalized spacial score (nSPS) is 56.0. The average Bonchev–Trinajstić information content (AvgIpc) is 2.80. The smallest absolute Gasteiger partial charge is 0.187 e. The Morgan fingerprint density at radius 3 is 1.85 bits per heavy atom. The number of hydrogen-bond donors (Lipinski definition) is 11. The molecule has 0 aromatic rings. The summed E-state index contributed by atoms with van der Waals surface area (Å²) in [4.78, 5) is 0. The number of aliphatic hydroxyl groups excluding tert-OH is 10. The van der Waals surface area contributed by atoms with Gasteiger partial charge >= 0.3 is 0 Å².